The molecule has 5 aromatic rings. The van der Waals surface area contributed by atoms with Crippen LogP contribution in [0.1, 0.15) is 118 Å². The molecule has 0 aromatic heterocycles. The maximum atomic E-state index is 2.45. The fraction of sp³-hybridized carbons (Fsp3) is 0.346. The van der Waals surface area contributed by atoms with E-state index in [-0.39, 0.29) is 21.7 Å². The van der Waals surface area contributed by atoms with Gasteiger partial charge in [0.25, 0.3) is 0 Å². The van der Waals surface area contributed by atoms with E-state index in [2.05, 4.69) is 204 Å². The van der Waals surface area contributed by atoms with Crippen LogP contribution in [-0.4, -0.2) is 0 Å². The van der Waals surface area contributed by atoms with Crippen molar-refractivity contribution in [2.75, 3.05) is 0 Å². The van der Waals surface area contributed by atoms with Gasteiger partial charge in [0.15, 0.2) is 0 Å². The van der Waals surface area contributed by atoms with Crippen molar-refractivity contribution in [3.05, 3.63) is 149 Å². The van der Waals surface area contributed by atoms with Gasteiger partial charge in [-0.2, -0.15) is 0 Å². The summed E-state index contributed by atoms with van der Waals surface area (Å²) in [7, 11) is 0. The van der Waals surface area contributed by atoms with E-state index in [4.69, 9.17) is 0 Å². The Morgan fingerprint density at radius 2 is 0.769 bits per heavy atom. The number of hydrogen-bond acceptors (Lipinski definition) is 0. The lowest BCUT2D eigenvalue weighted by atomic mass is 9.78. The second kappa shape index (κ2) is 13.9. The molecular weight excluding hydrogens is 625 g/mol. The van der Waals surface area contributed by atoms with Crippen LogP contribution in [0.15, 0.2) is 127 Å². The number of allylic oxidation sites excluding steroid dienone is 4. The number of benzene rings is 5. The normalized spacial score (nSPS) is 14.2. The summed E-state index contributed by atoms with van der Waals surface area (Å²) in [6, 6.07) is 41.8. The Morgan fingerprint density at radius 1 is 0.327 bits per heavy atom. The Labute approximate surface area is 315 Å². The van der Waals surface area contributed by atoms with Gasteiger partial charge in [-0.15, -0.1) is 0 Å². The molecule has 0 heteroatoms. The minimum Gasteiger partial charge on any atom is -0.0645 e. The summed E-state index contributed by atoms with van der Waals surface area (Å²) in [5, 5.41) is 0. The molecule has 0 spiro atoms. The van der Waals surface area contributed by atoms with Gasteiger partial charge in [0, 0.05) is 0 Å². The molecule has 0 amide bonds. The van der Waals surface area contributed by atoms with Crippen molar-refractivity contribution >= 4 is 5.57 Å². The van der Waals surface area contributed by atoms with Crippen molar-refractivity contribution < 1.29 is 0 Å². The lowest BCUT2D eigenvalue weighted by Crippen LogP contribution is -2.12. The van der Waals surface area contributed by atoms with Gasteiger partial charge in [-0.05, 0) is 119 Å². The number of rotatable bonds is 5. The Bertz CT molecular complexity index is 2130. The van der Waals surface area contributed by atoms with Crippen LogP contribution in [0.2, 0.25) is 0 Å². The maximum absolute atomic E-state index is 2.45. The Morgan fingerprint density at radius 3 is 1.21 bits per heavy atom. The molecule has 0 fully saturated rings. The Kier molecular flexibility index (Phi) is 9.95. The third-order valence-corrected chi connectivity index (χ3v) is 11.0. The molecule has 0 saturated carbocycles. The second-order valence-corrected chi connectivity index (χ2v) is 19.1. The molecule has 0 nitrogen and oxygen atoms in total. The fourth-order valence-electron chi connectivity index (χ4n) is 7.40. The van der Waals surface area contributed by atoms with E-state index in [1.165, 1.54) is 77.9 Å². The highest BCUT2D eigenvalue weighted by molar-refractivity contribution is 5.88. The van der Waals surface area contributed by atoms with Gasteiger partial charge in [-0.1, -0.05) is 198 Å². The third-order valence-electron chi connectivity index (χ3n) is 11.0. The monoisotopic (exact) mass is 684 g/mol. The van der Waals surface area contributed by atoms with Crippen molar-refractivity contribution in [3.8, 4) is 44.5 Å². The average Bonchev–Trinajstić information content (AvgIpc) is 3.10. The van der Waals surface area contributed by atoms with Crippen LogP contribution in [0, 0.1) is 5.41 Å². The van der Waals surface area contributed by atoms with Crippen LogP contribution in [0.4, 0.5) is 0 Å². The van der Waals surface area contributed by atoms with Gasteiger partial charge >= 0.3 is 0 Å². The first-order chi connectivity index (χ1) is 24.3. The molecule has 6 rings (SSSR count). The molecule has 0 saturated heterocycles. The summed E-state index contributed by atoms with van der Waals surface area (Å²) in [5.41, 5.74) is 18.9. The summed E-state index contributed by atoms with van der Waals surface area (Å²) in [5.74, 6) is 0. The zero-order valence-corrected chi connectivity index (χ0v) is 34.0. The molecule has 0 bridgehead atoms. The molecule has 1 aliphatic rings. The highest BCUT2D eigenvalue weighted by Gasteiger charge is 2.23. The van der Waals surface area contributed by atoms with Gasteiger partial charge in [0.2, 0.25) is 0 Å². The van der Waals surface area contributed by atoms with Crippen LogP contribution < -0.4 is 0 Å². The zero-order valence-electron chi connectivity index (χ0n) is 34.0. The second-order valence-electron chi connectivity index (χ2n) is 19.1. The standard InChI is InChI=1S/C52H60/c1-49(2,3)41-23-19-35(20-24-41)45-29-27-43(51(7,8)9)33-47(45)39-17-13-15-37(31-39)38-16-14-18-40(32-38)48-34-44(52(10,11)12)28-30-46(48)36-21-25-42(26-22-36)50(4,5)6/h13-21,23-25,27-34H,22,26H2,1-12H3. The maximum Gasteiger partial charge on any atom is -0.0102 e. The van der Waals surface area contributed by atoms with Crippen LogP contribution in [0.25, 0.3) is 50.1 Å². The highest BCUT2D eigenvalue weighted by Crippen LogP contribution is 2.42. The summed E-state index contributed by atoms with van der Waals surface area (Å²) >= 11 is 0. The summed E-state index contributed by atoms with van der Waals surface area (Å²) < 4.78 is 0. The smallest absolute Gasteiger partial charge is 0.0102 e. The summed E-state index contributed by atoms with van der Waals surface area (Å²) in [6.45, 7) is 27.7. The topological polar surface area (TPSA) is 0 Å². The molecule has 0 atom stereocenters. The van der Waals surface area contributed by atoms with Crippen LogP contribution >= 0.6 is 0 Å². The quantitative estimate of drug-likeness (QED) is 0.173. The number of hydrogen-bond donors (Lipinski definition) is 0. The third kappa shape index (κ3) is 8.13. The molecular formula is C52H60. The molecule has 1 aliphatic carbocycles. The first-order valence-corrected chi connectivity index (χ1v) is 19.3. The first-order valence-electron chi connectivity index (χ1n) is 19.3. The largest absolute Gasteiger partial charge is 0.0645 e. The Balaban J connectivity index is 1.45. The molecule has 5 aromatic carbocycles. The van der Waals surface area contributed by atoms with Crippen molar-refractivity contribution in [2.24, 2.45) is 5.41 Å². The van der Waals surface area contributed by atoms with E-state index < -0.39 is 0 Å². The van der Waals surface area contributed by atoms with Crippen molar-refractivity contribution in [1.29, 1.82) is 0 Å². The van der Waals surface area contributed by atoms with Crippen LogP contribution in [0.5, 0.6) is 0 Å². The van der Waals surface area contributed by atoms with E-state index in [0.717, 1.165) is 12.8 Å². The molecule has 0 radical (unpaired) electrons. The van der Waals surface area contributed by atoms with Gasteiger partial charge in [0.1, 0.15) is 0 Å². The van der Waals surface area contributed by atoms with E-state index in [0.29, 0.717) is 0 Å². The predicted octanol–water partition coefficient (Wildman–Crippen LogP) is 15.4. The molecule has 0 heterocycles. The molecule has 0 aliphatic heterocycles. The van der Waals surface area contributed by atoms with Gasteiger partial charge in [-0.3, -0.25) is 0 Å². The summed E-state index contributed by atoms with van der Waals surface area (Å²) in [6.07, 6.45) is 6.94. The molecule has 0 unspecified atom stereocenters. The SMILES string of the molecule is CC(C)(C)C1=CC=C(c2ccc(C(C)(C)C)cc2-c2cccc(-c3cccc(-c4cc(C(C)(C)C)ccc4-c4ccc(C(C)(C)C)cc4)c3)c2)CC1. The van der Waals surface area contributed by atoms with Gasteiger partial charge < -0.3 is 0 Å². The van der Waals surface area contributed by atoms with Crippen molar-refractivity contribution in [2.45, 2.75) is 112 Å². The van der Waals surface area contributed by atoms with Gasteiger partial charge in [0.05, 0.1) is 0 Å². The predicted molar refractivity (Wildman–Crippen MR) is 229 cm³/mol. The molecule has 268 valence electrons. The van der Waals surface area contributed by atoms with Crippen LogP contribution in [0.3, 0.4) is 0 Å². The van der Waals surface area contributed by atoms with Gasteiger partial charge in [-0.25, -0.2) is 0 Å². The van der Waals surface area contributed by atoms with Crippen LogP contribution in [-0.2, 0) is 16.2 Å². The lowest BCUT2D eigenvalue weighted by molar-refractivity contribution is 0.482. The lowest BCUT2D eigenvalue weighted by Gasteiger charge is -2.27. The van der Waals surface area contributed by atoms with Crippen molar-refractivity contribution in [1.82, 2.24) is 0 Å². The van der Waals surface area contributed by atoms with E-state index in [1.807, 2.05) is 0 Å². The van der Waals surface area contributed by atoms with E-state index in [9.17, 15) is 0 Å². The van der Waals surface area contributed by atoms with E-state index >= 15 is 0 Å². The fourth-order valence-corrected chi connectivity index (χ4v) is 7.40. The van der Waals surface area contributed by atoms with E-state index in [1.54, 1.807) is 0 Å². The minimum absolute atomic E-state index is 0.0481. The average molecular weight is 685 g/mol. The van der Waals surface area contributed by atoms with Crippen molar-refractivity contribution in [3.63, 3.8) is 0 Å². The zero-order chi connectivity index (χ0) is 37.6. The minimum atomic E-state index is 0.0481. The Hall–Kier alpha value is -4.42. The summed E-state index contributed by atoms with van der Waals surface area (Å²) in [4.78, 5) is 0. The highest BCUT2D eigenvalue weighted by atomic mass is 14.3. The molecule has 0 N–H and O–H groups in total. The molecule has 52 heavy (non-hydrogen) atoms. The first kappa shape index (κ1) is 37.3.